The Morgan fingerprint density at radius 1 is 1.17 bits per heavy atom. The summed E-state index contributed by atoms with van der Waals surface area (Å²) in [6.45, 7) is 2.97. The van der Waals surface area contributed by atoms with Crippen molar-refractivity contribution in [1.29, 1.82) is 0 Å². The molecular formula is C19H24N2O2S. The molecule has 0 radical (unpaired) electrons. The molecule has 4 nitrogen and oxygen atoms in total. The maximum atomic E-state index is 12.3. The molecule has 0 spiro atoms. The lowest BCUT2D eigenvalue weighted by atomic mass is 10.1. The number of rotatable bonds is 8. The highest BCUT2D eigenvalue weighted by Gasteiger charge is 2.13. The molecule has 5 heteroatoms. The van der Waals surface area contributed by atoms with E-state index < -0.39 is 0 Å². The van der Waals surface area contributed by atoms with Crippen LogP contribution in [-0.2, 0) is 17.8 Å². The monoisotopic (exact) mass is 344 g/mol. The first kappa shape index (κ1) is 18.2. The minimum absolute atomic E-state index is 0.00562. The highest BCUT2D eigenvalue weighted by molar-refractivity contribution is 8.00. The van der Waals surface area contributed by atoms with Gasteiger partial charge in [0.2, 0.25) is 5.91 Å². The summed E-state index contributed by atoms with van der Waals surface area (Å²) < 4.78 is 7.17. The zero-order valence-corrected chi connectivity index (χ0v) is 15.2. The SMILES string of the molecule is CCc1ccccc1N(CC(=O)NCc1ccc(OC)cc1)SC. The molecule has 128 valence electrons. The van der Waals surface area contributed by atoms with Gasteiger partial charge in [-0.2, -0.15) is 0 Å². The van der Waals surface area contributed by atoms with Crippen LogP contribution in [0.5, 0.6) is 5.75 Å². The summed E-state index contributed by atoms with van der Waals surface area (Å²) in [5.41, 5.74) is 3.40. The number of hydrogen-bond donors (Lipinski definition) is 1. The Labute approximate surface area is 148 Å². The van der Waals surface area contributed by atoms with E-state index in [9.17, 15) is 4.79 Å². The molecule has 0 unspecified atom stereocenters. The Kier molecular flexibility index (Phi) is 7.00. The van der Waals surface area contributed by atoms with Crippen molar-refractivity contribution < 1.29 is 9.53 Å². The third kappa shape index (κ3) is 4.93. The van der Waals surface area contributed by atoms with E-state index in [2.05, 4.69) is 24.4 Å². The number of ether oxygens (including phenoxy) is 1. The van der Waals surface area contributed by atoms with Crippen LogP contribution in [0.1, 0.15) is 18.1 Å². The van der Waals surface area contributed by atoms with Gasteiger partial charge in [0.15, 0.2) is 0 Å². The Balaban J connectivity index is 1.94. The number of anilines is 1. The second kappa shape index (κ2) is 9.23. The molecule has 0 aromatic heterocycles. The average Bonchev–Trinajstić information content (AvgIpc) is 2.64. The summed E-state index contributed by atoms with van der Waals surface area (Å²) >= 11 is 1.56. The summed E-state index contributed by atoms with van der Waals surface area (Å²) in [6.07, 6.45) is 2.93. The zero-order valence-electron chi connectivity index (χ0n) is 14.4. The summed E-state index contributed by atoms with van der Waals surface area (Å²) in [7, 11) is 1.64. The van der Waals surface area contributed by atoms with E-state index in [1.54, 1.807) is 19.1 Å². The van der Waals surface area contributed by atoms with Crippen molar-refractivity contribution in [2.45, 2.75) is 19.9 Å². The predicted octanol–water partition coefficient (Wildman–Crippen LogP) is 3.66. The van der Waals surface area contributed by atoms with Gasteiger partial charge in [-0.1, -0.05) is 49.2 Å². The van der Waals surface area contributed by atoms with Crippen LogP contribution in [0, 0.1) is 0 Å². The number of carbonyl (C=O) groups excluding carboxylic acids is 1. The van der Waals surface area contributed by atoms with Crippen LogP contribution in [0.15, 0.2) is 48.5 Å². The normalized spacial score (nSPS) is 10.3. The lowest BCUT2D eigenvalue weighted by molar-refractivity contribution is -0.119. The number of benzene rings is 2. The molecule has 2 rings (SSSR count). The predicted molar refractivity (Wildman–Crippen MR) is 102 cm³/mol. The van der Waals surface area contributed by atoms with Crippen molar-refractivity contribution in [1.82, 2.24) is 5.32 Å². The molecule has 0 heterocycles. The molecule has 0 aliphatic carbocycles. The molecule has 0 atom stereocenters. The van der Waals surface area contributed by atoms with Gasteiger partial charge in [-0.3, -0.25) is 4.79 Å². The third-order valence-corrected chi connectivity index (χ3v) is 4.56. The van der Waals surface area contributed by atoms with E-state index >= 15 is 0 Å². The summed E-state index contributed by atoms with van der Waals surface area (Å²) in [6, 6.07) is 15.9. The van der Waals surface area contributed by atoms with Crippen molar-refractivity contribution in [2.24, 2.45) is 0 Å². The van der Waals surface area contributed by atoms with E-state index in [-0.39, 0.29) is 5.91 Å². The number of amides is 1. The van der Waals surface area contributed by atoms with Gasteiger partial charge in [0.05, 0.1) is 12.8 Å². The number of aryl methyl sites for hydroxylation is 1. The maximum Gasteiger partial charge on any atom is 0.240 e. The fraction of sp³-hybridized carbons (Fsp3) is 0.316. The highest BCUT2D eigenvalue weighted by atomic mass is 32.2. The van der Waals surface area contributed by atoms with Crippen LogP contribution in [0.25, 0.3) is 0 Å². The van der Waals surface area contributed by atoms with E-state index in [1.165, 1.54) is 5.56 Å². The fourth-order valence-electron chi connectivity index (χ4n) is 2.43. The second-order valence-corrected chi connectivity index (χ2v) is 6.13. The maximum absolute atomic E-state index is 12.3. The van der Waals surface area contributed by atoms with Crippen LogP contribution in [0.3, 0.4) is 0 Å². The zero-order chi connectivity index (χ0) is 17.4. The number of hydrogen-bond acceptors (Lipinski definition) is 4. The minimum Gasteiger partial charge on any atom is -0.497 e. The average molecular weight is 344 g/mol. The lowest BCUT2D eigenvalue weighted by Gasteiger charge is -2.23. The van der Waals surface area contributed by atoms with Crippen LogP contribution < -0.4 is 14.4 Å². The van der Waals surface area contributed by atoms with Gasteiger partial charge in [0.1, 0.15) is 12.3 Å². The number of methoxy groups -OCH3 is 1. The van der Waals surface area contributed by atoms with Crippen molar-refractivity contribution in [3.05, 3.63) is 59.7 Å². The Bertz CT molecular complexity index is 659. The molecule has 0 fully saturated rings. The van der Waals surface area contributed by atoms with Gasteiger partial charge in [0.25, 0.3) is 0 Å². The van der Waals surface area contributed by atoms with Gasteiger partial charge in [-0.25, -0.2) is 0 Å². The fourth-order valence-corrected chi connectivity index (χ4v) is 3.05. The van der Waals surface area contributed by atoms with E-state index in [1.807, 2.05) is 47.0 Å². The highest BCUT2D eigenvalue weighted by Crippen LogP contribution is 2.25. The molecule has 2 aromatic rings. The van der Waals surface area contributed by atoms with Crippen LogP contribution in [-0.4, -0.2) is 25.8 Å². The van der Waals surface area contributed by atoms with Crippen molar-refractivity contribution in [2.75, 3.05) is 24.2 Å². The van der Waals surface area contributed by atoms with Crippen molar-refractivity contribution >= 4 is 23.5 Å². The number of nitrogens with one attached hydrogen (secondary N) is 1. The smallest absolute Gasteiger partial charge is 0.240 e. The molecule has 24 heavy (non-hydrogen) atoms. The van der Waals surface area contributed by atoms with Gasteiger partial charge in [-0.05, 0) is 35.7 Å². The van der Waals surface area contributed by atoms with E-state index in [4.69, 9.17) is 4.74 Å². The third-order valence-electron chi connectivity index (χ3n) is 3.80. The summed E-state index contributed by atoms with van der Waals surface area (Å²) in [4.78, 5) is 12.3. The number of para-hydroxylation sites is 1. The molecule has 1 amide bonds. The Morgan fingerprint density at radius 2 is 1.88 bits per heavy atom. The topological polar surface area (TPSA) is 41.6 Å². The number of nitrogens with zero attached hydrogens (tertiary/aromatic N) is 1. The molecule has 0 aliphatic heterocycles. The minimum atomic E-state index is 0.00562. The van der Waals surface area contributed by atoms with E-state index in [0.29, 0.717) is 13.1 Å². The van der Waals surface area contributed by atoms with E-state index in [0.717, 1.165) is 23.4 Å². The largest absolute Gasteiger partial charge is 0.497 e. The van der Waals surface area contributed by atoms with Gasteiger partial charge in [-0.15, -0.1) is 0 Å². The molecule has 0 aliphatic rings. The molecule has 0 bridgehead atoms. The van der Waals surface area contributed by atoms with Gasteiger partial charge >= 0.3 is 0 Å². The second-order valence-electron chi connectivity index (χ2n) is 5.33. The summed E-state index contributed by atoms with van der Waals surface area (Å²) in [5.74, 6) is 0.820. The van der Waals surface area contributed by atoms with Crippen molar-refractivity contribution in [3.63, 3.8) is 0 Å². The Morgan fingerprint density at radius 3 is 2.50 bits per heavy atom. The first-order valence-corrected chi connectivity index (χ1v) is 9.15. The van der Waals surface area contributed by atoms with Crippen molar-refractivity contribution in [3.8, 4) is 5.75 Å². The molecule has 1 N–H and O–H groups in total. The number of carbonyl (C=O) groups is 1. The van der Waals surface area contributed by atoms with Crippen LogP contribution in [0.2, 0.25) is 0 Å². The molecule has 0 saturated carbocycles. The Hall–Kier alpha value is -2.14. The lowest BCUT2D eigenvalue weighted by Crippen LogP contribution is -2.33. The molecule has 2 aromatic carbocycles. The first-order valence-electron chi connectivity index (χ1n) is 7.97. The molecular weight excluding hydrogens is 320 g/mol. The van der Waals surface area contributed by atoms with Gasteiger partial charge in [0, 0.05) is 12.8 Å². The van der Waals surface area contributed by atoms with Crippen LogP contribution >= 0.6 is 11.9 Å². The molecule has 0 saturated heterocycles. The van der Waals surface area contributed by atoms with Gasteiger partial charge < -0.3 is 14.4 Å². The standard InChI is InChI=1S/C19H24N2O2S/c1-4-16-7-5-6-8-18(16)21(24-3)14-19(22)20-13-15-9-11-17(23-2)12-10-15/h5-12H,4,13-14H2,1-3H3,(H,20,22). The first-order chi connectivity index (χ1) is 11.7. The quantitative estimate of drug-likeness (QED) is 0.742. The summed E-state index contributed by atoms with van der Waals surface area (Å²) in [5, 5.41) is 2.97. The van der Waals surface area contributed by atoms with Crippen LogP contribution in [0.4, 0.5) is 5.69 Å².